The minimum atomic E-state index is 0.224. The Bertz CT molecular complexity index is 352. The number of aromatic nitrogens is 2. The van der Waals surface area contributed by atoms with Crippen LogP contribution in [0.3, 0.4) is 0 Å². The van der Waals surface area contributed by atoms with Gasteiger partial charge in [0.15, 0.2) is 0 Å². The largest absolute Gasteiger partial charge is 0.376 e. The van der Waals surface area contributed by atoms with Crippen LogP contribution in [-0.2, 0) is 18.2 Å². The third-order valence-corrected chi connectivity index (χ3v) is 3.69. The van der Waals surface area contributed by atoms with Gasteiger partial charge in [0.1, 0.15) is 0 Å². The molecule has 0 aliphatic carbocycles. The summed E-state index contributed by atoms with van der Waals surface area (Å²) < 4.78 is 7.66. The topological polar surface area (TPSA) is 65.1 Å². The van der Waals surface area contributed by atoms with Gasteiger partial charge in [0.25, 0.3) is 0 Å². The number of hydrogen-bond acceptors (Lipinski definition) is 4. The monoisotopic (exact) mass is 238 g/mol. The number of hydrogen-bond donors (Lipinski definition) is 2. The van der Waals surface area contributed by atoms with Gasteiger partial charge in [0, 0.05) is 31.6 Å². The van der Waals surface area contributed by atoms with Gasteiger partial charge in [-0.1, -0.05) is 6.92 Å². The van der Waals surface area contributed by atoms with Crippen LogP contribution in [0.4, 0.5) is 0 Å². The lowest BCUT2D eigenvalue weighted by Gasteiger charge is -2.25. The number of nitrogens with one attached hydrogen (secondary N) is 1. The maximum absolute atomic E-state index is 5.75. The van der Waals surface area contributed by atoms with Crippen LogP contribution >= 0.6 is 0 Å². The highest BCUT2D eigenvalue weighted by atomic mass is 16.5. The van der Waals surface area contributed by atoms with Crippen LogP contribution in [0.1, 0.15) is 25.5 Å². The minimum absolute atomic E-state index is 0.224. The molecule has 96 valence electrons. The SMILES string of the molecule is CC1CCOC1C(CCc1ccnn1C)NN. The molecule has 0 radical (unpaired) electrons. The summed E-state index contributed by atoms with van der Waals surface area (Å²) in [6, 6.07) is 2.27. The van der Waals surface area contributed by atoms with E-state index in [2.05, 4.69) is 17.4 Å². The molecule has 3 atom stereocenters. The second-order valence-electron chi connectivity index (χ2n) is 4.86. The zero-order chi connectivity index (χ0) is 12.3. The summed E-state index contributed by atoms with van der Waals surface area (Å²) in [5, 5.41) is 4.17. The molecular weight excluding hydrogens is 216 g/mol. The number of rotatable bonds is 5. The van der Waals surface area contributed by atoms with Crippen LogP contribution in [0.15, 0.2) is 12.3 Å². The fourth-order valence-electron chi connectivity index (χ4n) is 2.52. The van der Waals surface area contributed by atoms with Crippen LogP contribution in [0.5, 0.6) is 0 Å². The van der Waals surface area contributed by atoms with E-state index in [1.54, 1.807) is 0 Å². The maximum Gasteiger partial charge on any atom is 0.0767 e. The standard InChI is InChI=1S/C12H22N4O/c1-9-6-8-17-12(9)11(15-13)4-3-10-5-7-14-16(10)2/h5,7,9,11-12,15H,3-4,6,8,13H2,1-2H3. The van der Waals surface area contributed by atoms with Gasteiger partial charge in [-0.3, -0.25) is 16.0 Å². The molecule has 17 heavy (non-hydrogen) atoms. The predicted octanol–water partition coefficient (Wildman–Crippen LogP) is 0.610. The Kier molecular flexibility index (Phi) is 4.15. The molecule has 0 saturated carbocycles. The van der Waals surface area contributed by atoms with Gasteiger partial charge in [0.05, 0.1) is 6.10 Å². The highest BCUT2D eigenvalue weighted by molar-refractivity contribution is 5.01. The molecule has 0 aromatic carbocycles. The lowest BCUT2D eigenvalue weighted by Crippen LogP contribution is -2.46. The fraction of sp³-hybridized carbons (Fsp3) is 0.750. The number of nitrogens with zero attached hydrogens (tertiary/aromatic N) is 2. The highest BCUT2D eigenvalue weighted by Gasteiger charge is 2.31. The van der Waals surface area contributed by atoms with Gasteiger partial charge in [0.2, 0.25) is 0 Å². The van der Waals surface area contributed by atoms with Crippen molar-refractivity contribution in [1.82, 2.24) is 15.2 Å². The molecule has 0 spiro atoms. The van der Waals surface area contributed by atoms with E-state index in [0.717, 1.165) is 25.9 Å². The van der Waals surface area contributed by atoms with Crippen molar-refractivity contribution < 1.29 is 4.74 Å². The lowest BCUT2D eigenvalue weighted by atomic mass is 9.94. The fourth-order valence-corrected chi connectivity index (χ4v) is 2.52. The molecule has 0 amide bonds. The van der Waals surface area contributed by atoms with E-state index in [0.29, 0.717) is 5.92 Å². The van der Waals surface area contributed by atoms with Crippen LogP contribution in [0.25, 0.3) is 0 Å². The van der Waals surface area contributed by atoms with Crippen molar-refractivity contribution in [2.45, 2.75) is 38.3 Å². The first-order valence-corrected chi connectivity index (χ1v) is 6.27. The molecule has 1 aromatic rings. The molecule has 0 bridgehead atoms. The van der Waals surface area contributed by atoms with Crippen molar-refractivity contribution in [3.63, 3.8) is 0 Å². The summed E-state index contributed by atoms with van der Waals surface area (Å²) >= 11 is 0. The van der Waals surface area contributed by atoms with Gasteiger partial charge < -0.3 is 4.74 Å². The first-order valence-electron chi connectivity index (χ1n) is 6.27. The summed E-state index contributed by atoms with van der Waals surface area (Å²) in [5.41, 5.74) is 4.13. The molecule has 5 nitrogen and oxygen atoms in total. The molecule has 1 aliphatic heterocycles. The summed E-state index contributed by atoms with van der Waals surface area (Å²) in [7, 11) is 1.97. The number of ether oxygens (including phenoxy) is 1. The Balaban J connectivity index is 1.89. The molecule has 3 unspecified atom stereocenters. The molecule has 1 fully saturated rings. The Hall–Kier alpha value is -0.910. The number of nitrogens with two attached hydrogens (primary N) is 1. The molecular formula is C12H22N4O. The van der Waals surface area contributed by atoms with Crippen molar-refractivity contribution in [3.05, 3.63) is 18.0 Å². The Morgan fingerprint density at radius 2 is 2.53 bits per heavy atom. The minimum Gasteiger partial charge on any atom is -0.376 e. The van der Waals surface area contributed by atoms with Crippen molar-refractivity contribution >= 4 is 0 Å². The van der Waals surface area contributed by atoms with E-state index < -0.39 is 0 Å². The Labute approximate surface area is 102 Å². The predicted molar refractivity (Wildman–Crippen MR) is 66.2 cm³/mol. The molecule has 1 aliphatic rings. The van der Waals surface area contributed by atoms with E-state index in [4.69, 9.17) is 10.6 Å². The van der Waals surface area contributed by atoms with Gasteiger partial charge in [-0.25, -0.2) is 0 Å². The van der Waals surface area contributed by atoms with Crippen LogP contribution in [0.2, 0.25) is 0 Å². The highest BCUT2D eigenvalue weighted by Crippen LogP contribution is 2.24. The van der Waals surface area contributed by atoms with Crippen molar-refractivity contribution in [1.29, 1.82) is 0 Å². The zero-order valence-electron chi connectivity index (χ0n) is 10.6. The summed E-state index contributed by atoms with van der Waals surface area (Å²) in [6.45, 7) is 3.09. The first kappa shape index (κ1) is 12.5. The van der Waals surface area contributed by atoms with Crippen molar-refractivity contribution in [2.75, 3.05) is 6.61 Å². The Morgan fingerprint density at radius 3 is 3.06 bits per heavy atom. The molecule has 3 N–H and O–H groups in total. The first-order chi connectivity index (χ1) is 8.22. The van der Waals surface area contributed by atoms with E-state index >= 15 is 0 Å². The molecule has 2 rings (SSSR count). The van der Waals surface area contributed by atoms with E-state index in [-0.39, 0.29) is 12.1 Å². The average molecular weight is 238 g/mol. The normalized spacial score (nSPS) is 26.3. The Morgan fingerprint density at radius 1 is 1.71 bits per heavy atom. The molecule has 2 heterocycles. The smallest absolute Gasteiger partial charge is 0.0767 e. The molecule has 1 saturated heterocycles. The maximum atomic E-state index is 5.75. The van der Waals surface area contributed by atoms with E-state index in [1.165, 1.54) is 5.69 Å². The van der Waals surface area contributed by atoms with Gasteiger partial charge >= 0.3 is 0 Å². The summed E-state index contributed by atoms with van der Waals surface area (Å²) in [6.07, 6.45) is 5.15. The molecule has 1 aromatic heterocycles. The van der Waals surface area contributed by atoms with E-state index in [1.807, 2.05) is 24.0 Å². The average Bonchev–Trinajstić information content (AvgIpc) is 2.90. The molecule has 5 heteroatoms. The number of aryl methyl sites for hydroxylation is 2. The van der Waals surface area contributed by atoms with Crippen LogP contribution < -0.4 is 11.3 Å². The quantitative estimate of drug-likeness (QED) is 0.583. The van der Waals surface area contributed by atoms with E-state index in [9.17, 15) is 0 Å². The lowest BCUT2D eigenvalue weighted by molar-refractivity contribution is 0.0582. The third kappa shape index (κ3) is 2.86. The van der Waals surface area contributed by atoms with Crippen molar-refractivity contribution in [3.8, 4) is 0 Å². The van der Waals surface area contributed by atoms with Gasteiger partial charge in [-0.2, -0.15) is 5.10 Å². The number of hydrazine groups is 1. The van der Waals surface area contributed by atoms with Crippen molar-refractivity contribution in [2.24, 2.45) is 18.8 Å². The second kappa shape index (κ2) is 5.62. The van der Waals surface area contributed by atoms with Crippen LogP contribution in [0, 0.1) is 5.92 Å². The van der Waals surface area contributed by atoms with Gasteiger partial charge in [-0.15, -0.1) is 0 Å². The second-order valence-corrected chi connectivity index (χ2v) is 4.86. The third-order valence-electron chi connectivity index (χ3n) is 3.69. The summed E-state index contributed by atoms with van der Waals surface area (Å²) in [4.78, 5) is 0. The zero-order valence-corrected chi connectivity index (χ0v) is 10.6. The van der Waals surface area contributed by atoms with Gasteiger partial charge in [-0.05, 0) is 31.2 Å². The summed E-state index contributed by atoms with van der Waals surface area (Å²) in [5.74, 6) is 6.23. The van der Waals surface area contributed by atoms with Crippen LogP contribution in [-0.4, -0.2) is 28.5 Å².